The fourth-order valence-corrected chi connectivity index (χ4v) is 3.37. The molecule has 5 heteroatoms. The summed E-state index contributed by atoms with van der Waals surface area (Å²) in [6, 6.07) is 15.5. The van der Waals surface area contributed by atoms with Crippen molar-refractivity contribution < 1.29 is 9.18 Å². The summed E-state index contributed by atoms with van der Waals surface area (Å²) in [5.74, 6) is -0.204. The maximum absolute atomic E-state index is 13.1. The monoisotopic (exact) mass is 355 g/mol. The zero-order valence-electron chi connectivity index (χ0n) is 15.4. The topological polar surface area (TPSA) is 35.6 Å². The second kappa shape index (κ2) is 8.32. The molecule has 1 N–H and O–H groups in total. The predicted molar refractivity (Wildman–Crippen MR) is 103 cm³/mol. The molecule has 0 radical (unpaired) electrons. The van der Waals surface area contributed by atoms with Crippen molar-refractivity contribution in [3.8, 4) is 0 Å². The lowest BCUT2D eigenvalue weighted by atomic mass is 10.0. The maximum Gasteiger partial charge on any atom is 0.217 e. The number of carbonyl (C=O) groups is 1. The van der Waals surface area contributed by atoms with Crippen molar-refractivity contribution in [1.29, 1.82) is 0 Å². The van der Waals surface area contributed by atoms with E-state index in [1.54, 1.807) is 0 Å². The molecule has 1 unspecified atom stereocenters. The molecule has 1 heterocycles. The molecule has 2 aromatic carbocycles. The Balaban J connectivity index is 1.55. The second-order valence-electron chi connectivity index (χ2n) is 6.83. The van der Waals surface area contributed by atoms with Gasteiger partial charge in [0.2, 0.25) is 5.91 Å². The van der Waals surface area contributed by atoms with Gasteiger partial charge in [-0.25, -0.2) is 4.39 Å². The van der Waals surface area contributed by atoms with E-state index in [1.807, 2.05) is 12.1 Å². The molecule has 26 heavy (non-hydrogen) atoms. The first-order valence-corrected chi connectivity index (χ1v) is 9.11. The molecule has 3 rings (SSSR count). The number of hydrogen-bond acceptors (Lipinski definition) is 3. The number of anilines is 1. The Morgan fingerprint density at radius 2 is 1.65 bits per heavy atom. The first-order valence-electron chi connectivity index (χ1n) is 9.11. The molecular weight excluding hydrogens is 329 g/mol. The molecule has 1 aliphatic heterocycles. The van der Waals surface area contributed by atoms with Crippen LogP contribution in [0.15, 0.2) is 48.5 Å². The molecule has 0 spiro atoms. The van der Waals surface area contributed by atoms with E-state index in [1.165, 1.54) is 24.6 Å². The summed E-state index contributed by atoms with van der Waals surface area (Å²) in [5.41, 5.74) is 3.48. The minimum Gasteiger partial charge on any atom is -0.369 e. The van der Waals surface area contributed by atoms with Crippen LogP contribution in [0.3, 0.4) is 0 Å². The summed E-state index contributed by atoms with van der Waals surface area (Å²) in [4.78, 5) is 15.8. The van der Waals surface area contributed by atoms with Crippen molar-refractivity contribution in [3.05, 3.63) is 65.5 Å². The Labute approximate surface area is 154 Å². The van der Waals surface area contributed by atoms with E-state index in [0.717, 1.165) is 37.4 Å². The largest absolute Gasteiger partial charge is 0.369 e. The van der Waals surface area contributed by atoms with E-state index < -0.39 is 0 Å². The van der Waals surface area contributed by atoms with Crippen molar-refractivity contribution in [2.75, 3.05) is 31.1 Å². The average molecular weight is 355 g/mol. The third kappa shape index (κ3) is 4.61. The molecule has 4 nitrogen and oxygen atoms in total. The fraction of sp³-hybridized carbons (Fsp3) is 0.381. The fourth-order valence-electron chi connectivity index (χ4n) is 3.37. The number of hydrogen-bond donors (Lipinski definition) is 1. The van der Waals surface area contributed by atoms with Crippen LogP contribution in [-0.4, -0.2) is 37.0 Å². The van der Waals surface area contributed by atoms with E-state index in [2.05, 4.69) is 46.3 Å². The molecule has 0 saturated carbocycles. The van der Waals surface area contributed by atoms with Gasteiger partial charge in [0.25, 0.3) is 0 Å². The average Bonchev–Trinajstić information content (AvgIpc) is 2.67. The molecule has 2 aromatic rings. The van der Waals surface area contributed by atoms with Crippen molar-refractivity contribution in [2.45, 2.75) is 26.4 Å². The van der Waals surface area contributed by atoms with Crippen LogP contribution in [0.5, 0.6) is 0 Å². The second-order valence-corrected chi connectivity index (χ2v) is 6.83. The lowest BCUT2D eigenvalue weighted by Gasteiger charge is -2.39. The van der Waals surface area contributed by atoms with E-state index >= 15 is 0 Å². The quantitative estimate of drug-likeness (QED) is 0.893. The minimum absolute atomic E-state index is 0.0125. The zero-order chi connectivity index (χ0) is 18.5. The summed E-state index contributed by atoms with van der Waals surface area (Å²) in [6.07, 6.45) is 0. The maximum atomic E-state index is 13.1. The van der Waals surface area contributed by atoms with Crippen molar-refractivity contribution in [3.63, 3.8) is 0 Å². The molecular formula is C21H26FN3O. The molecule has 1 aliphatic rings. The molecule has 1 amide bonds. The van der Waals surface area contributed by atoms with Gasteiger partial charge in [0.05, 0.1) is 0 Å². The Bertz CT molecular complexity index is 722. The highest BCUT2D eigenvalue weighted by molar-refractivity contribution is 5.72. The van der Waals surface area contributed by atoms with Crippen LogP contribution in [-0.2, 0) is 11.3 Å². The first kappa shape index (κ1) is 18.4. The molecule has 1 saturated heterocycles. The molecule has 1 atom stereocenters. The summed E-state index contributed by atoms with van der Waals surface area (Å²) < 4.78 is 13.1. The molecule has 1 fully saturated rings. The van der Waals surface area contributed by atoms with Crippen LogP contribution in [0, 0.1) is 5.82 Å². The summed E-state index contributed by atoms with van der Waals surface area (Å²) in [6.45, 7) is 8.17. The van der Waals surface area contributed by atoms with E-state index in [9.17, 15) is 9.18 Å². The molecule has 0 bridgehead atoms. The number of nitrogens with one attached hydrogen (secondary N) is 1. The number of carbonyl (C=O) groups excluding carboxylic acids is 1. The van der Waals surface area contributed by atoms with Gasteiger partial charge < -0.3 is 10.2 Å². The highest BCUT2D eigenvalue weighted by atomic mass is 19.1. The highest BCUT2D eigenvalue weighted by Gasteiger charge is 2.22. The standard InChI is InChI=1S/C21H26FN3O/c1-16(19-5-3-18(4-6-19)15-23-17(2)26)24-11-13-25(14-12-24)21-9-7-20(22)8-10-21/h3-10,16H,11-15H2,1-2H3,(H,23,26). The number of benzene rings is 2. The van der Waals surface area contributed by atoms with Gasteiger partial charge >= 0.3 is 0 Å². The van der Waals surface area contributed by atoms with E-state index in [0.29, 0.717) is 12.6 Å². The van der Waals surface area contributed by atoms with Crippen molar-refractivity contribution in [1.82, 2.24) is 10.2 Å². The number of halogens is 1. The number of rotatable bonds is 5. The van der Waals surface area contributed by atoms with Crippen LogP contribution < -0.4 is 10.2 Å². The van der Waals surface area contributed by atoms with Gasteiger partial charge in [-0.15, -0.1) is 0 Å². The van der Waals surface area contributed by atoms with Crippen molar-refractivity contribution in [2.24, 2.45) is 0 Å². The van der Waals surface area contributed by atoms with E-state index in [4.69, 9.17) is 0 Å². The van der Waals surface area contributed by atoms with Crippen LogP contribution in [0.25, 0.3) is 0 Å². The molecule has 138 valence electrons. The smallest absolute Gasteiger partial charge is 0.217 e. The Hall–Kier alpha value is -2.40. The SMILES string of the molecule is CC(=O)NCc1ccc(C(C)N2CCN(c3ccc(F)cc3)CC2)cc1. The van der Waals surface area contributed by atoms with Crippen LogP contribution >= 0.6 is 0 Å². The van der Waals surface area contributed by atoms with Gasteiger partial charge in [0.1, 0.15) is 5.82 Å². The molecule has 0 aliphatic carbocycles. The molecule has 0 aromatic heterocycles. The van der Waals surface area contributed by atoms with Gasteiger partial charge in [-0.1, -0.05) is 24.3 Å². The predicted octanol–water partition coefficient (Wildman–Crippen LogP) is 3.35. The van der Waals surface area contributed by atoms with Gasteiger partial charge in [0.15, 0.2) is 0 Å². The summed E-state index contributed by atoms with van der Waals surface area (Å²) >= 11 is 0. The highest BCUT2D eigenvalue weighted by Crippen LogP contribution is 2.24. The summed E-state index contributed by atoms with van der Waals surface area (Å²) in [5, 5.41) is 2.82. The Kier molecular flexibility index (Phi) is 5.89. The minimum atomic E-state index is -0.192. The van der Waals surface area contributed by atoms with Gasteiger partial charge in [0, 0.05) is 51.4 Å². The van der Waals surface area contributed by atoms with Crippen LogP contribution in [0.4, 0.5) is 10.1 Å². The van der Waals surface area contributed by atoms with Gasteiger partial charge in [-0.05, 0) is 42.3 Å². The van der Waals surface area contributed by atoms with Gasteiger partial charge in [-0.3, -0.25) is 9.69 Å². The van der Waals surface area contributed by atoms with Crippen molar-refractivity contribution >= 4 is 11.6 Å². The third-order valence-corrected chi connectivity index (χ3v) is 5.06. The Morgan fingerprint density at radius 1 is 1.04 bits per heavy atom. The Morgan fingerprint density at radius 3 is 2.23 bits per heavy atom. The number of piperazine rings is 1. The number of nitrogens with zero attached hydrogens (tertiary/aromatic N) is 2. The number of amides is 1. The lowest BCUT2D eigenvalue weighted by molar-refractivity contribution is -0.119. The normalized spacial score (nSPS) is 16.3. The zero-order valence-corrected chi connectivity index (χ0v) is 15.4. The lowest BCUT2D eigenvalue weighted by Crippen LogP contribution is -2.47. The van der Waals surface area contributed by atoms with Crippen LogP contribution in [0.1, 0.15) is 31.0 Å². The van der Waals surface area contributed by atoms with Gasteiger partial charge in [-0.2, -0.15) is 0 Å². The summed E-state index contributed by atoms with van der Waals surface area (Å²) in [7, 11) is 0. The van der Waals surface area contributed by atoms with Crippen LogP contribution in [0.2, 0.25) is 0 Å². The third-order valence-electron chi connectivity index (χ3n) is 5.06. The first-order chi connectivity index (χ1) is 12.5. The van der Waals surface area contributed by atoms with E-state index in [-0.39, 0.29) is 11.7 Å².